The number of hydrogen-bond donors (Lipinski definition) is 1. The van der Waals surface area contributed by atoms with E-state index in [9.17, 15) is 4.79 Å². The fourth-order valence-electron chi connectivity index (χ4n) is 2.97. The molecule has 0 atom stereocenters. The van der Waals surface area contributed by atoms with Crippen molar-refractivity contribution in [2.75, 3.05) is 52.5 Å². The summed E-state index contributed by atoms with van der Waals surface area (Å²) in [7, 11) is 0. The molecule has 0 radical (unpaired) electrons. The van der Waals surface area contributed by atoms with Crippen LogP contribution in [0.3, 0.4) is 0 Å². The number of ether oxygens (including phenoxy) is 1. The maximum atomic E-state index is 12.4. The number of rotatable bonds is 6. The summed E-state index contributed by atoms with van der Waals surface area (Å²) in [5, 5.41) is 9.14. The Kier molecular flexibility index (Phi) is 6.07. The molecule has 1 saturated carbocycles. The number of aliphatic hydroxyl groups excluding tert-OH is 1. The molecule has 0 unspecified atom stereocenters. The highest BCUT2D eigenvalue weighted by atomic mass is 16.5. The van der Waals surface area contributed by atoms with E-state index in [1.807, 2.05) is 4.90 Å². The zero-order valence-corrected chi connectivity index (χ0v) is 11.7. The molecule has 19 heavy (non-hydrogen) atoms. The van der Waals surface area contributed by atoms with Crippen LogP contribution in [-0.2, 0) is 9.53 Å². The first-order valence-electron chi connectivity index (χ1n) is 7.51. The summed E-state index contributed by atoms with van der Waals surface area (Å²) in [4.78, 5) is 16.6. The lowest BCUT2D eigenvalue weighted by Gasteiger charge is -2.31. The first-order chi connectivity index (χ1) is 9.31. The smallest absolute Gasteiger partial charge is 0.225 e. The average molecular weight is 270 g/mol. The van der Waals surface area contributed by atoms with Gasteiger partial charge in [0, 0.05) is 38.6 Å². The lowest BCUT2D eigenvalue weighted by molar-refractivity contribution is -0.136. The van der Waals surface area contributed by atoms with Gasteiger partial charge in [-0.3, -0.25) is 9.69 Å². The van der Waals surface area contributed by atoms with Crippen molar-refractivity contribution in [3.63, 3.8) is 0 Å². The van der Waals surface area contributed by atoms with Gasteiger partial charge in [-0.2, -0.15) is 0 Å². The van der Waals surface area contributed by atoms with Crippen molar-refractivity contribution in [2.24, 2.45) is 5.92 Å². The van der Waals surface area contributed by atoms with Gasteiger partial charge in [0.15, 0.2) is 0 Å². The predicted octanol–water partition coefficient (Wildman–Crippen LogP) is 0.330. The van der Waals surface area contributed by atoms with Crippen molar-refractivity contribution in [3.05, 3.63) is 0 Å². The van der Waals surface area contributed by atoms with Crippen molar-refractivity contribution in [3.8, 4) is 0 Å². The Morgan fingerprint density at radius 1 is 1.21 bits per heavy atom. The fraction of sp³-hybridized carbons (Fsp3) is 0.929. The summed E-state index contributed by atoms with van der Waals surface area (Å²) in [6, 6.07) is 0. The molecule has 5 nitrogen and oxygen atoms in total. The van der Waals surface area contributed by atoms with Gasteiger partial charge in [0.25, 0.3) is 0 Å². The Balaban J connectivity index is 1.78. The highest BCUT2D eigenvalue weighted by Crippen LogP contribution is 2.26. The first-order valence-corrected chi connectivity index (χ1v) is 7.51. The van der Waals surface area contributed by atoms with Crippen LogP contribution in [0.2, 0.25) is 0 Å². The van der Waals surface area contributed by atoms with Crippen LogP contribution in [-0.4, -0.2) is 73.4 Å². The third-order valence-electron chi connectivity index (χ3n) is 4.18. The van der Waals surface area contributed by atoms with Crippen LogP contribution < -0.4 is 0 Å². The molecule has 110 valence electrons. The third kappa shape index (κ3) is 4.44. The van der Waals surface area contributed by atoms with Crippen LogP contribution in [0.1, 0.15) is 25.7 Å². The molecule has 0 aromatic carbocycles. The van der Waals surface area contributed by atoms with Crippen molar-refractivity contribution in [1.29, 1.82) is 0 Å². The summed E-state index contributed by atoms with van der Waals surface area (Å²) in [6.45, 7) is 5.63. The average Bonchev–Trinajstić information content (AvgIpc) is 2.98. The Morgan fingerprint density at radius 2 is 1.89 bits per heavy atom. The van der Waals surface area contributed by atoms with Crippen LogP contribution in [0.15, 0.2) is 0 Å². The molecule has 0 aromatic rings. The summed E-state index contributed by atoms with van der Waals surface area (Å²) < 4.78 is 5.32. The molecule has 1 aliphatic carbocycles. The predicted molar refractivity (Wildman–Crippen MR) is 72.9 cm³/mol. The Hall–Kier alpha value is -0.650. The number of carbonyl (C=O) groups excluding carboxylic acids is 1. The number of nitrogens with zero attached hydrogens (tertiary/aromatic N) is 2. The van der Waals surface area contributed by atoms with Gasteiger partial charge in [-0.05, 0) is 12.8 Å². The number of morpholine rings is 1. The Labute approximate surface area is 115 Å². The highest BCUT2D eigenvalue weighted by Gasteiger charge is 2.27. The molecular formula is C14H26N2O3. The zero-order chi connectivity index (χ0) is 13.5. The number of hydrogen-bond acceptors (Lipinski definition) is 4. The number of aliphatic hydroxyl groups is 1. The number of amides is 1. The molecular weight excluding hydrogens is 244 g/mol. The largest absolute Gasteiger partial charge is 0.395 e. The summed E-state index contributed by atoms with van der Waals surface area (Å²) in [5.41, 5.74) is 0. The van der Waals surface area contributed by atoms with Crippen molar-refractivity contribution >= 4 is 5.91 Å². The van der Waals surface area contributed by atoms with E-state index >= 15 is 0 Å². The minimum Gasteiger partial charge on any atom is -0.395 e. The third-order valence-corrected chi connectivity index (χ3v) is 4.18. The molecule has 1 amide bonds. The minimum absolute atomic E-state index is 0.0571. The van der Waals surface area contributed by atoms with E-state index in [2.05, 4.69) is 4.90 Å². The second-order valence-electron chi connectivity index (χ2n) is 5.48. The quantitative estimate of drug-likeness (QED) is 0.756. The van der Waals surface area contributed by atoms with E-state index in [1.165, 1.54) is 12.8 Å². The zero-order valence-electron chi connectivity index (χ0n) is 11.7. The van der Waals surface area contributed by atoms with E-state index in [1.54, 1.807) is 0 Å². The van der Waals surface area contributed by atoms with Gasteiger partial charge < -0.3 is 14.7 Å². The van der Waals surface area contributed by atoms with Gasteiger partial charge in [-0.1, -0.05) is 12.8 Å². The van der Waals surface area contributed by atoms with Crippen LogP contribution in [0.25, 0.3) is 0 Å². The summed E-state index contributed by atoms with van der Waals surface area (Å²) >= 11 is 0. The maximum Gasteiger partial charge on any atom is 0.225 e. The molecule has 1 N–H and O–H groups in total. The van der Waals surface area contributed by atoms with Crippen molar-refractivity contribution in [2.45, 2.75) is 25.7 Å². The van der Waals surface area contributed by atoms with Gasteiger partial charge in [0.2, 0.25) is 5.91 Å². The SMILES string of the molecule is O=C(C1CCCC1)N(CCO)CCN1CCOCC1. The minimum atomic E-state index is 0.0571. The number of carbonyl (C=O) groups is 1. The van der Waals surface area contributed by atoms with E-state index in [-0.39, 0.29) is 18.4 Å². The van der Waals surface area contributed by atoms with Gasteiger partial charge in [-0.15, -0.1) is 0 Å². The van der Waals surface area contributed by atoms with Crippen LogP contribution in [0.4, 0.5) is 0 Å². The van der Waals surface area contributed by atoms with Gasteiger partial charge in [0.05, 0.1) is 19.8 Å². The molecule has 1 heterocycles. The maximum absolute atomic E-state index is 12.4. The first kappa shape index (κ1) is 14.8. The monoisotopic (exact) mass is 270 g/mol. The molecule has 0 spiro atoms. The molecule has 0 bridgehead atoms. The molecule has 2 fully saturated rings. The summed E-state index contributed by atoms with van der Waals surface area (Å²) in [6.07, 6.45) is 4.40. The molecule has 1 saturated heterocycles. The van der Waals surface area contributed by atoms with E-state index in [4.69, 9.17) is 9.84 Å². The highest BCUT2D eigenvalue weighted by molar-refractivity contribution is 5.79. The Bertz CT molecular complexity index is 274. The Morgan fingerprint density at radius 3 is 2.53 bits per heavy atom. The molecule has 1 aliphatic heterocycles. The van der Waals surface area contributed by atoms with Crippen LogP contribution in [0, 0.1) is 5.92 Å². The van der Waals surface area contributed by atoms with Gasteiger partial charge in [-0.25, -0.2) is 0 Å². The molecule has 2 rings (SSSR count). The van der Waals surface area contributed by atoms with Gasteiger partial charge in [0.1, 0.15) is 0 Å². The van der Waals surface area contributed by atoms with Gasteiger partial charge >= 0.3 is 0 Å². The second-order valence-corrected chi connectivity index (χ2v) is 5.48. The van der Waals surface area contributed by atoms with Crippen LogP contribution in [0.5, 0.6) is 0 Å². The standard InChI is InChI=1S/C14H26N2O3/c17-10-7-16(14(18)13-3-1-2-4-13)6-5-15-8-11-19-12-9-15/h13,17H,1-12H2. The lowest BCUT2D eigenvalue weighted by atomic mass is 10.1. The molecule has 2 aliphatic rings. The van der Waals surface area contributed by atoms with E-state index < -0.39 is 0 Å². The second kappa shape index (κ2) is 7.82. The lowest BCUT2D eigenvalue weighted by Crippen LogP contribution is -2.45. The summed E-state index contributed by atoms with van der Waals surface area (Å²) in [5.74, 6) is 0.455. The van der Waals surface area contributed by atoms with E-state index in [0.29, 0.717) is 6.54 Å². The molecule has 5 heteroatoms. The van der Waals surface area contributed by atoms with Crippen molar-refractivity contribution in [1.82, 2.24) is 9.80 Å². The topological polar surface area (TPSA) is 53.0 Å². The van der Waals surface area contributed by atoms with Crippen LogP contribution >= 0.6 is 0 Å². The van der Waals surface area contributed by atoms with Crippen molar-refractivity contribution < 1.29 is 14.6 Å². The van der Waals surface area contributed by atoms with E-state index in [0.717, 1.165) is 52.2 Å². The normalized spacial score (nSPS) is 21.7. The molecule has 0 aromatic heterocycles. The fourth-order valence-corrected chi connectivity index (χ4v) is 2.97.